The van der Waals surface area contributed by atoms with Crippen LogP contribution in [0.15, 0.2) is 24.3 Å². The predicted molar refractivity (Wildman–Crippen MR) is 73.5 cm³/mol. The molecule has 1 heterocycles. The maximum atomic E-state index is 11.8. The van der Waals surface area contributed by atoms with Gasteiger partial charge in [0.15, 0.2) is 0 Å². The molecule has 2 rings (SSSR count). The fraction of sp³-hybridized carbons (Fsp3) is 0.533. The summed E-state index contributed by atoms with van der Waals surface area (Å²) in [5.74, 6) is 0.815. The molecule has 0 aromatic heterocycles. The summed E-state index contributed by atoms with van der Waals surface area (Å²) < 4.78 is 10.8. The molecule has 0 unspecified atom stereocenters. The molecule has 104 valence electrons. The second-order valence-corrected chi connectivity index (χ2v) is 4.74. The van der Waals surface area contributed by atoms with E-state index >= 15 is 0 Å². The molecule has 0 aliphatic carbocycles. The third kappa shape index (κ3) is 3.96. The molecule has 0 amide bonds. The van der Waals surface area contributed by atoms with E-state index in [2.05, 4.69) is 5.32 Å². The largest absolute Gasteiger partial charge is 0.492 e. The standard InChI is InChI=1S/C15H21NO3/c1-2-18-15(17)13-7-3-4-8-14(13)19-11-12-6-5-9-16-10-12/h3-4,7-8,12,16H,2,5-6,9-11H2,1H3/t12-/m1/s1. The van der Waals surface area contributed by atoms with Gasteiger partial charge in [-0.3, -0.25) is 0 Å². The number of esters is 1. The molecule has 1 N–H and O–H groups in total. The Kier molecular flexibility index (Phi) is 5.21. The molecule has 1 saturated heterocycles. The second-order valence-electron chi connectivity index (χ2n) is 4.74. The van der Waals surface area contributed by atoms with E-state index in [0.717, 1.165) is 13.1 Å². The van der Waals surface area contributed by atoms with Crippen LogP contribution in [0.25, 0.3) is 0 Å². The highest BCUT2D eigenvalue weighted by Gasteiger charge is 2.16. The van der Waals surface area contributed by atoms with E-state index in [9.17, 15) is 4.79 Å². The Labute approximate surface area is 114 Å². The van der Waals surface area contributed by atoms with Gasteiger partial charge in [-0.05, 0) is 38.4 Å². The van der Waals surface area contributed by atoms with Crippen molar-refractivity contribution in [3.8, 4) is 5.75 Å². The lowest BCUT2D eigenvalue weighted by atomic mass is 10.0. The van der Waals surface area contributed by atoms with Crippen LogP contribution < -0.4 is 10.1 Å². The molecule has 0 saturated carbocycles. The zero-order valence-corrected chi connectivity index (χ0v) is 11.4. The van der Waals surface area contributed by atoms with Crippen molar-refractivity contribution < 1.29 is 14.3 Å². The van der Waals surface area contributed by atoms with Gasteiger partial charge in [0.1, 0.15) is 11.3 Å². The number of hydrogen-bond acceptors (Lipinski definition) is 4. The van der Waals surface area contributed by atoms with Gasteiger partial charge in [0.2, 0.25) is 0 Å². The van der Waals surface area contributed by atoms with Gasteiger partial charge >= 0.3 is 5.97 Å². The molecule has 1 aliphatic heterocycles. The van der Waals surface area contributed by atoms with Crippen molar-refractivity contribution >= 4 is 5.97 Å². The van der Waals surface area contributed by atoms with E-state index in [4.69, 9.17) is 9.47 Å². The lowest BCUT2D eigenvalue weighted by Crippen LogP contribution is -2.33. The quantitative estimate of drug-likeness (QED) is 0.828. The molecular weight excluding hydrogens is 242 g/mol. The van der Waals surface area contributed by atoms with Crippen LogP contribution in [0.4, 0.5) is 0 Å². The number of carbonyl (C=O) groups is 1. The number of benzene rings is 1. The molecule has 1 aromatic rings. The summed E-state index contributed by atoms with van der Waals surface area (Å²) in [6.07, 6.45) is 2.36. The van der Waals surface area contributed by atoms with Crippen LogP contribution >= 0.6 is 0 Å². The average molecular weight is 263 g/mol. The Morgan fingerprint density at radius 1 is 1.42 bits per heavy atom. The monoisotopic (exact) mass is 263 g/mol. The number of nitrogens with one attached hydrogen (secondary N) is 1. The second kappa shape index (κ2) is 7.14. The summed E-state index contributed by atoms with van der Waals surface area (Å²) in [5, 5.41) is 3.36. The summed E-state index contributed by atoms with van der Waals surface area (Å²) in [6.45, 7) is 4.90. The molecule has 0 bridgehead atoms. The summed E-state index contributed by atoms with van der Waals surface area (Å²) in [5.41, 5.74) is 0.508. The minimum atomic E-state index is -0.320. The van der Waals surface area contributed by atoms with Gasteiger partial charge in [-0.2, -0.15) is 0 Å². The van der Waals surface area contributed by atoms with Gasteiger partial charge in [-0.1, -0.05) is 12.1 Å². The number of rotatable bonds is 5. The summed E-state index contributed by atoms with van der Waals surface area (Å²) in [6, 6.07) is 7.26. The van der Waals surface area contributed by atoms with Crippen LogP contribution in [-0.2, 0) is 4.74 Å². The van der Waals surface area contributed by atoms with Crippen LogP contribution in [0.1, 0.15) is 30.1 Å². The molecular formula is C15H21NO3. The van der Waals surface area contributed by atoms with Gasteiger partial charge in [0, 0.05) is 12.5 Å². The highest BCUT2D eigenvalue weighted by atomic mass is 16.5. The van der Waals surface area contributed by atoms with Crippen molar-refractivity contribution in [2.24, 2.45) is 5.92 Å². The van der Waals surface area contributed by atoms with Crippen molar-refractivity contribution in [2.75, 3.05) is 26.3 Å². The Balaban J connectivity index is 1.97. The zero-order valence-electron chi connectivity index (χ0n) is 11.4. The van der Waals surface area contributed by atoms with Crippen LogP contribution in [0.3, 0.4) is 0 Å². The van der Waals surface area contributed by atoms with Crippen molar-refractivity contribution in [1.82, 2.24) is 5.32 Å². The number of carbonyl (C=O) groups excluding carboxylic acids is 1. The molecule has 4 nitrogen and oxygen atoms in total. The first-order valence-corrected chi connectivity index (χ1v) is 6.91. The van der Waals surface area contributed by atoms with Gasteiger partial charge < -0.3 is 14.8 Å². The SMILES string of the molecule is CCOC(=O)c1ccccc1OC[C@@H]1CCCNC1. The molecule has 1 atom stereocenters. The number of hydrogen-bond donors (Lipinski definition) is 1. The van der Waals surface area contributed by atoms with Crippen molar-refractivity contribution in [3.05, 3.63) is 29.8 Å². The first kappa shape index (κ1) is 13.9. The van der Waals surface area contributed by atoms with Gasteiger partial charge in [0.05, 0.1) is 13.2 Å². The van der Waals surface area contributed by atoms with E-state index in [1.165, 1.54) is 12.8 Å². The van der Waals surface area contributed by atoms with Crippen LogP contribution in [0.2, 0.25) is 0 Å². The fourth-order valence-corrected chi connectivity index (χ4v) is 2.24. The van der Waals surface area contributed by atoms with Crippen molar-refractivity contribution in [2.45, 2.75) is 19.8 Å². The summed E-state index contributed by atoms with van der Waals surface area (Å²) >= 11 is 0. The van der Waals surface area contributed by atoms with E-state index in [1.54, 1.807) is 13.0 Å². The smallest absolute Gasteiger partial charge is 0.341 e. The minimum Gasteiger partial charge on any atom is -0.492 e. The average Bonchev–Trinajstić information content (AvgIpc) is 2.47. The maximum absolute atomic E-state index is 11.8. The molecule has 1 aromatic carbocycles. The Bertz CT molecular complexity index is 414. The molecule has 1 fully saturated rings. The van der Waals surface area contributed by atoms with Gasteiger partial charge in [-0.25, -0.2) is 4.79 Å². The van der Waals surface area contributed by atoms with E-state index in [0.29, 0.717) is 30.4 Å². The maximum Gasteiger partial charge on any atom is 0.341 e. The number of piperidine rings is 1. The Hall–Kier alpha value is -1.55. The highest BCUT2D eigenvalue weighted by Crippen LogP contribution is 2.21. The van der Waals surface area contributed by atoms with Crippen LogP contribution in [0.5, 0.6) is 5.75 Å². The third-order valence-corrected chi connectivity index (χ3v) is 3.26. The molecule has 4 heteroatoms. The van der Waals surface area contributed by atoms with E-state index in [1.807, 2.05) is 18.2 Å². The number of ether oxygens (including phenoxy) is 2. The molecule has 0 spiro atoms. The van der Waals surface area contributed by atoms with Crippen molar-refractivity contribution in [1.29, 1.82) is 0 Å². The third-order valence-electron chi connectivity index (χ3n) is 3.26. The van der Waals surface area contributed by atoms with Crippen LogP contribution in [-0.4, -0.2) is 32.3 Å². The number of para-hydroxylation sites is 1. The predicted octanol–water partition coefficient (Wildman–Crippen LogP) is 2.24. The lowest BCUT2D eigenvalue weighted by molar-refractivity contribution is 0.0520. The summed E-state index contributed by atoms with van der Waals surface area (Å²) in [4.78, 5) is 11.8. The molecule has 1 aliphatic rings. The Morgan fingerprint density at radius 2 is 2.26 bits per heavy atom. The first-order chi connectivity index (χ1) is 9.31. The van der Waals surface area contributed by atoms with E-state index in [-0.39, 0.29) is 5.97 Å². The van der Waals surface area contributed by atoms with Gasteiger partial charge in [-0.15, -0.1) is 0 Å². The summed E-state index contributed by atoms with van der Waals surface area (Å²) in [7, 11) is 0. The molecule has 0 radical (unpaired) electrons. The van der Waals surface area contributed by atoms with E-state index < -0.39 is 0 Å². The topological polar surface area (TPSA) is 47.6 Å². The zero-order chi connectivity index (χ0) is 13.5. The Morgan fingerprint density at radius 3 is 3.00 bits per heavy atom. The minimum absolute atomic E-state index is 0.320. The fourth-order valence-electron chi connectivity index (χ4n) is 2.24. The lowest BCUT2D eigenvalue weighted by Gasteiger charge is -2.23. The molecule has 19 heavy (non-hydrogen) atoms. The highest BCUT2D eigenvalue weighted by molar-refractivity contribution is 5.92. The first-order valence-electron chi connectivity index (χ1n) is 6.91. The van der Waals surface area contributed by atoms with Crippen LogP contribution in [0, 0.1) is 5.92 Å². The van der Waals surface area contributed by atoms with Crippen molar-refractivity contribution in [3.63, 3.8) is 0 Å². The van der Waals surface area contributed by atoms with Gasteiger partial charge in [0.25, 0.3) is 0 Å². The normalized spacial score (nSPS) is 18.9.